The van der Waals surface area contributed by atoms with Gasteiger partial charge in [0.25, 0.3) is 0 Å². The van der Waals surface area contributed by atoms with Crippen molar-refractivity contribution < 1.29 is 9.47 Å². The van der Waals surface area contributed by atoms with E-state index in [2.05, 4.69) is 29.0 Å². The normalized spacial score (nSPS) is 16.1. The van der Waals surface area contributed by atoms with Crippen molar-refractivity contribution in [3.8, 4) is 11.8 Å². The van der Waals surface area contributed by atoms with Gasteiger partial charge in [0, 0.05) is 36.8 Å². The van der Waals surface area contributed by atoms with Gasteiger partial charge in [-0.1, -0.05) is 54.1 Å². The van der Waals surface area contributed by atoms with Gasteiger partial charge in [-0.2, -0.15) is 5.26 Å². The van der Waals surface area contributed by atoms with E-state index in [1.54, 1.807) is 7.11 Å². The summed E-state index contributed by atoms with van der Waals surface area (Å²) in [6, 6.07) is 20.2. The lowest BCUT2D eigenvalue weighted by atomic mass is 10.00. The van der Waals surface area contributed by atoms with E-state index in [9.17, 15) is 5.26 Å². The fourth-order valence-corrected chi connectivity index (χ4v) is 4.67. The summed E-state index contributed by atoms with van der Waals surface area (Å²) < 4.78 is 11.9. The minimum atomic E-state index is 0.0637. The molecule has 4 rings (SSSR count). The highest BCUT2D eigenvalue weighted by atomic mass is 35.5. The van der Waals surface area contributed by atoms with Crippen molar-refractivity contribution in [1.29, 1.82) is 5.26 Å². The molecule has 1 atom stereocenters. The van der Waals surface area contributed by atoms with Crippen LogP contribution in [-0.2, 0) is 11.3 Å². The van der Waals surface area contributed by atoms with Gasteiger partial charge in [-0.3, -0.25) is 4.90 Å². The van der Waals surface area contributed by atoms with Crippen LogP contribution in [0.4, 0.5) is 0 Å². The Morgan fingerprint density at radius 3 is 2.50 bits per heavy atom. The molecule has 1 aliphatic heterocycles. The molecule has 6 heteroatoms. The minimum Gasteiger partial charge on any atom is -0.495 e. The number of nitriles is 1. The van der Waals surface area contributed by atoms with Gasteiger partial charge in [0.05, 0.1) is 31.9 Å². The summed E-state index contributed by atoms with van der Waals surface area (Å²) in [6.45, 7) is 4.82. The van der Waals surface area contributed by atoms with Crippen molar-refractivity contribution in [1.82, 2.24) is 9.80 Å². The first-order chi connectivity index (χ1) is 15.6. The molecular formula is C26H28ClN3O2. The molecule has 0 spiro atoms. The quantitative estimate of drug-likeness (QED) is 0.514. The number of piperazine rings is 1. The van der Waals surface area contributed by atoms with E-state index in [1.807, 2.05) is 48.5 Å². The van der Waals surface area contributed by atoms with Crippen molar-refractivity contribution in [2.45, 2.75) is 12.6 Å². The number of nitrogens with zero attached hydrogens (tertiary/aromatic N) is 3. The Hall–Kier alpha value is -2.62. The van der Waals surface area contributed by atoms with Gasteiger partial charge >= 0.3 is 0 Å². The number of benzene rings is 3. The van der Waals surface area contributed by atoms with E-state index >= 15 is 0 Å². The number of hydrogen-bond acceptors (Lipinski definition) is 5. The van der Waals surface area contributed by atoms with Crippen molar-refractivity contribution in [2.24, 2.45) is 0 Å². The monoisotopic (exact) mass is 449 g/mol. The molecule has 0 amide bonds. The average molecular weight is 450 g/mol. The fraction of sp³-hybridized carbons (Fsp3) is 0.346. The first-order valence-electron chi connectivity index (χ1n) is 10.9. The maximum atomic E-state index is 9.62. The van der Waals surface area contributed by atoms with Crippen LogP contribution in [0.15, 0.2) is 54.6 Å². The topological polar surface area (TPSA) is 48.7 Å². The summed E-state index contributed by atoms with van der Waals surface area (Å²) in [5.74, 6) is 0.583. The molecule has 3 aromatic rings. The second-order valence-corrected chi connectivity index (χ2v) is 8.57. The van der Waals surface area contributed by atoms with Gasteiger partial charge in [0.15, 0.2) is 0 Å². The molecule has 1 unspecified atom stereocenters. The molecule has 0 bridgehead atoms. The Bertz CT molecular complexity index is 1120. The number of likely N-dealkylation sites (N-methyl/N-ethyl adjacent to an activating group) is 1. The molecule has 3 aromatic carbocycles. The highest BCUT2D eigenvalue weighted by Gasteiger charge is 2.26. The zero-order valence-corrected chi connectivity index (χ0v) is 19.3. The Balaban J connectivity index is 1.60. The predicted octanol–water partition coefficient (Wildman–Crippen LogP) is 4.88. The maximum Gasteiger partial charge on any atom is 0.142 e. The molecule has 0 radical (unpaired) electrons. The van der Waals surface area contributed by atoms with E-state index in [0.29, 0.717) is 24.5 Å². The predicted molar refractivity (Wildman–Crippen MR) is 128 cm³/mol. The van der Waals surface area contributed by atoms with E-state index < -0.39 is 0 Å². The fourth-order valence-electron chi connectivity index (χ4n) is 4.41. The summed E-state index contributed by atoms with van der Waals surface area (Å²) in [5.41, 5.74) is 2.51. The molecule has 1 heterocycles. The second kappa shape index (κ2) is 10.3. The first-order valence-corrected chi connectivity index (χ1v) is 11.2. The van der Waals surface area contributed by atoms with E-state index in [1.165, 1.54) is 0 Å². The van der Waals surface area contributed by atoms with Gasteiger partial charge in [-0.05, 0) is 35.5 Å². The number of rotatable bonds is 7. The standard InChI is InChI=1S/C26H28ClN3O2/c1-29-11-13-30(14-12-29)25(22-9-5-6-10-24(22)27)18-32-17-23-21-8-4-3-7-19(21)15-20(16-28)26(23)31-2/h3-10,15,25H,11-14,17-18H2,1-2H3. The highest BCUT2D eigenvalue weighted by Crippen LogP contribution is 2.34. The van der Waals surface area contributed by atoms with Crippen LogP contribution in [0.1, 0.15) is 22.7 Å². The highest BCUT2D eigenvalue weighted by molar-refractivity contribution is 6.31. The number of fused-ring (bicyclic) bond motifs is 1. The SMILES string of the molecule is COc1c(C#N)cc2ccccc2c1COCC(c1ccccc1Cl)N1CCN(C)CC1. The van der Waals surface area contributed by atoms with Gasteiger partial charge in [0.1, 0.15) is 11.8 Å². The van der Waals surface area contributed by atoms with Gasteiger partial charge < -0.3 is 14.4 Å². The van der Waals surface area contributed by atoms with Crippen molar-refractivity contribution in [3.63, 3.8) is 0 Å². The minimum absolute atomic E-state index is 0.0637. The molecule has 1 saturated heterocycles. The average Bonchev–Trinajstić information content (AvgIpc) is 2.82. The number of methoxy groups -OCH3 is 1. The maximum absolute atomic E-state index is 9.62. The lowest BCUT2D eigenvalue weighted by Crippen LogP contribution is -2.47. The van der Waals surface area contributed by atoms with Crippen molar-refractivity contribution >= 4 is 22.4 Å². The summed E-state index contributed by atoms with van der Waals surface area (Å²) in [6.07, 6.45) is 0. The molecule has 1 fully saturated rings. The Labute approximate surface area is 194 Å². The zero-order valence-electron chi connectivity index (χ0n) is 18.6. The molecule has 0 aliphatic carbocycles. The van der Waals surface area contributed by atoms with Crippen LogP contribution in [0.2, 0.25) is 5.02 Å². The van der Waals surface area contributed by atoms with Crippen LogP contribution >= 0.6 is 11.6 Å². The van der Waals surface area contributed by atoms with Crippen LogP contribution in [0, 0.1) is 11.3 Å². The molecule has 0 N–H and O–H groups in total. The molecular weight excluding hydrogens is 422 g/mol. The van der Waals surface area contributed by atoms with Crippen LogP contribution in [0.3, 0.4) is 0 Å². The Morgan fingerprint density at radius 1 is 1.06 bits per heavy atom. The summed E-state index contributed by atoms with van der Waals surface area (Å²) in [4.78, 5) is 4.79. The van der Waals surface area contributed by atoms with Gasteiger partial charge in [0.2, 0.25) is 0 Å². The number of halogens is 1. The van der Waals surface area contributed by atoms with Crippen molar-refractivity contribution in [2.75, 3.05) is 46.9 Å². The van der Waals surface area contributed by atoms with Gasteiger partial charge in [-0.15, -0.1) is 0 Å². The lowest BCUT2D eigenvalue weighted by molar-refractivity contribution is 0.0289. The second-order valence-electron chi connectivity index (χ2n) is 8.16. The third kappa shape index (κ3) is 4.74. The third-order valence-electron chi connectivity index (χ3n) is 6.19. The molecule has 1 aliphatic rings. The van der Waals surface area contributed by atoms with Crippen LogP contribution in [-0.4, -0.2) is 56.7 Å². The molecule has 32 heavy (non-hydrogen) atoms. The molecule has 0 saturated carbocycles. The molecule has 166 valence electrons. The Kier molecular flexibility index (Phi) is 7.29. The van der Waals surface area contributed by atoms with E-state index in [0.717, 1.165) is 53.1 Å². The summed E-state index contributed by atoms with van der Waals surface area (Å²) in [7, 11) is 3.75. The van der Waals surface area contributed by atoms with E-state index in [-0.39, 0.29) is 6.04 Å². The first kappa shape index (κ1) is 22.6. The van der Waals surface area contributed by atoms with Crippen LogP contribution < -0.4 is 4.74 Å². The third-order valence-corrected chi connectivity index (χ3v) is 6.54. The van der Waals surface area contributed by atoms with Crippen LogP contribution in [0.5, 0.6) is 5.75 Å². The number of ether oxygens (including phenoxy) is 2. The van der Waals surface area contributed by atoms with Crippen molar-refractivity contribution in [3.05, 3.63) is 76.3 Å². The van der Waals surface area contributed by atoms with E-state index in [4.69, 9.17) is 21.1 Å². The molecule has 0 aromatic heterocycles. The Morgan fingerprint density at radius 2 is 1.78 bits per heavy atom. The zero-order chi connectivity index (χ0) is 22.5. The number of hydrogen-bond donors (Lipinski definition) is 0. The smallest absolute Gasteiger partial charge is 0.142 e. The summed E-state index contributed by atoms with van der Waals surface area (Å²) in [5, 5.41) is 12.4. The lowest BCUT2D eigenvalue weighted by Gasteiger charge is -2.38. The van der Waals surface area contributed by atoms with Crippen LogP contribution in [0.25, 0.3) is 10.8 Å². The summed E-state index contributed by atoms with van der Waals surface area (Å²) >= 11 is 6.58. The molecule has 5 nitrogen and oxygen atoms in total. The van der Waals surface area contributed by atoms with Gasteiger partial charge in [-0.25, -0.2) is 0 Å². The largest absolute Gasteiger partial charge is 0.495 e.